The van der Waals surface area contributed by atoms with Crippen LogP contribution in [0.2, 0.25) is 5.02 Å². The summed E-state index contributed by atoms with van der Waals surface area (Å²) in [5.41, 5.74) is -1.87. The predicted molar refractivity (Wildman–Crippen MR) is 144 cm³/mol. The van der Waals surface area contributed by atoms with Gasteiger partial charge in [0.25, 0.3) is 0 Å². The average molecular weight is 562 g/mol. The number of amides is 2. The maximum absolute atomic E-state index is 14.9. The second-order valence-corrected chi connectivity index (χ2v) is 10.8. The first-order chi connectivity index (χ1) is 18.5. The maximum Gasteiger partial charge on any atom is 0.416 e. The van der Waals surface area contributed by atoms with Crippen LogP contribution in [-0.2, 0) is 18.1 Å². The van der Waals surface area contributed by atoms with Crippen LogP contribution in [0, 0.1) is 5.82 Å². The van der Waals surface area contributed by atoms with E-state index in [0.29, 0.717) is 11.1 Å². The van der Waals surface area contributed by atoms with E-state index in [1.165, 1.54) is 6.20 Å². The quantitative estimate of drug-likeness (QED) is 0.296. The third-order valence-corrected chi connectivity index (χ3v) is 7.50. The minimum Gasteiger partial charge on any atom is -0.322 e. The summed E-state index contributed by atoms with van der Waals surface area (Å²) in [5.74, 6) is -1.06. The van der Waals surface area contributed by atoms with E-state index in [2.05, 4.69) is 10.3 Å². The van der Waals surface area contributed by atoms with E-state index in [1.54, 1.807) is 29.2 Å². The number of alkyl halides is 3. The molecule has 1 atom stereocenters. The number of urea groups is 1. The molecule has 1 saturated carbocycles. The van der Waals surface area contributed by atoms with Crippen LogP contribution >= 0.6 is 11.6 Å². The number of hydrogen-bond acceptors (Lipinski definition) is 2. The van der Waals surface area contributed by atoms with Gasteiger partial charge in [0.15, 0.2) is 0 Å². The highest BCUT2D eigenvalue weighted by Gasteiger charge is 2.42. The van der Waals surface area contributed by atoms with Crippen molar-refractivity contribution in [1.82, 2.24) is 15.2 Å². The van der Waals surface area contributed by atoms with Gasteiger partial charge in [0.05, 0.1) is 16.3 Å². The minimum absolute atomic E-state index is 0.00963. The lowest BCUT2D eigenvalue weighted by Crippen LogP contribution is -2.57. The molecular formula is C30H32ClF4N3O. The molecule has 1 fully saturated rings. The van der Waals surface area contributed by atoms with Gasteiger partial charge in [-0.3, -0.25) is 4.98 Å². The van der Waals surface area contributed by atoms with Crippen LogP contribution in [0.4, 0.5) is 22.4 Å². The standard InChI is InChI=1S/C30H32ClF4N3O/c1-20(2)38(26-11-7-4-8-12-26)28(39)37-29(18-21-9-5-3-6-10-21,27-14-13-24(31)19-36-27)22-15-23(30(33,34)35)17-25(32)16-22/h3,5-6,9-10,13-17,19-20,26H,4,7-8,11-12,18H2,1-2H3,(H,37,39). The van der Waals surface area contributed by atoms with Crippen LogP contribution in [0.1, 0.15) is 68.3 Å². The molecule has 1 N–H and O–H groups in total. The molecule has 9 heteroatoms. The lowest BCUT2D eigenvalue weighted by molar-refractivity contribution is -0.137. The highest BCUT2D eigenvalue weighted by atomic mass is 35.5. The highest BCUT2D eigenvalue weighted by molar-refractivity contribution is 6.30. The zero-order valence-electron chi connectivity index (χ0n) is 21.9. The van der Waals surface area contributed by atoms with Crippen molar-refractivity contribution in [3.63, 3.8) is 0 Å². The summed E-state index contributed by atoms with van der Waals surface area (Å²) < 4.78 is 56.4. The van der Waals surface area contributed by atoms with Gasteiger partial charge in [0.1, 0.15) is 11.4 Å². The first kappa shape index (κ1) is 28.9. The SMILES string of the molecule is CC(C)N(C(=O)NC(Cc1ccccc1)(c1cc(F)cc(C(F)(F)F)c1)c1ccc(Cl)cn1)C1CCCCC1. The molecule has 1 aliphatic rings. The van der Waals surface area contributed by atoms with E-state index in [4.69, 9.17) is 11.6 Å². The third-order valence-electron chi connectivity index (χ3n) is 7.27. The van der Waals surface area contributed by atoms with Gasteiger partial charge in [-0.2, -0.15) is 13.2 Å². The Morgan fingerprint density at radius 1 is 1.03 bits per heavy atom. The molecular weight excluding hydrogens is 530 g/mol. The Morgan fingerprint density at radius 3 is 2.28 bits per heavy atom. The molecule has 1 aromatic heterocycles. The smallest absolute Gasteiger partial charge is 0.322 e. The van der Waals surface area contributed by atoms with E-state index in [1.807, 2.05) is 32.0 Å². The molecule has 1 unspecified atom stereocenters. The van der Waals surface area contributed by atoms with Crippen molar-refractivity contribution in [1.29, 1.82) is 0 Å². The fourth-order valence-corrected chi connectivity index (χ4v) is 5.59. The summed E-state index contributed by atoms with van der Waals surface area (Å²) in [4.78, 5) is 20.3. The van der Waals surface area contributed by atoms with Crippen LogP contribution in [0.25, 0.3) is 0 Å². The highest BCUT2D eigenvalue weighted by Crippen LogP contribution is 2.38. The zero-order valence-corrected chi connectivity index (χ0v) is 22.7. The first-order valence-corrected chi connectivity index (χ1v) is 13.5. The van der Waals surface area contributed by atoms with Gasteiger partial charge in [-0.05, 0) is 68.1 Å². The Balaban J connectivity index is 1.93. The summed E-state index contributed by atoms with van der Waals surface area (Å²) >= 11 is 6.11. The van der Waals surface area contributed by atoms with Crippen molar-refractivity contribution in [3.05, 3.63) is 100 Å². The van der Waals surface area contributed by atoms with Gasteiger partial charge in [-0.1, -0.05) is 61.2 Å². The van der Waals surface area contributed by atoms with E-state index >= 15 is 0 Å². The number of nitrogens with zero attached hydrogens (tertiary/aromatic N) is 2. The monoisotopic (exact) mass is 561 g/mol. The number of hydrogen-bond donors (Lipinski definition) is 1. The molecule has 4 rings (SSSR count). The minimum atomic E-state index is -4.79. The molecule has 0 radical (unpaired) electrons. The average Bonchev–Trinajstić information content (AvgIpc) is 2.89. The third kappa shape index (κ3) is 6.72. The molecule has 2 aromatic carbocycles. The van der Waals surface area contributed by atoms with Gasteiger partial charge in [0.2, 0.25) is 0 Å². The lowest BCUT2D eigenvalue weighted by atomic mass is 9.79. The number of rotatable bonds is 7. The van der Waals surface area contributed by atoms with Crippen LogP contribution in [-0.4, -0.2) is 28.0 Å². The van der Waals surface area contributed by atoms with Gasteiger partial charge in [-0.25, -0.2) is 9.18 Å². The van der Waals surface area contributed by atoms with Crippen molar-refractivity contribution in [3.8, 4) is 0 Å². The topological polar surface area (TPSA) is 45.2 Å². The number of pyridine rings is 1. The van der Waals surface area contributed by atoms with Crippen LogP contribution in [0.15, 0.2) is 66.9 Å². The Bertz CT molecular complexity index is 1260. The fourth-order valence-electron chi connectivity index (χ4n) is 5.48. The van der Waals surface area contributed by atoms with E-state index in [0.717, 1.165) is 49.8 Å². The largest absolute Gasteiger partial charge is 0.416 e. The van der Waals surface area contributed by atoms with Crippen molar-refractivity contribution in [2.45, 2.75) is 76.2 Å². The molecule has 39 heavy (non-hydrogen) atoms. The zero-order chi connectivity index (χ0) is 28.2. The van der Waals surface area contributed by atoms with Gasteiger partial charge >= 0.3 is 12.2 Å². The van der Waals surface area contributed by atoms with Crippen molar-refractivity contribution in [2.24, 2.45) is 0 Å². The van der Waals surface area contributed by atoms with E-state index < -0.39 is 29.1 Å². The number of nitrogens with one attached hydrogen (secondary N) is 1. The van der Waals surface area contributed by atoms with Crippen molar-refractivity contribution < 1.29 is 22.4 Å². The molecule has 4 nitrogen and oxygen atoms in total. The molecule has 1 aliphatic carbocycles. The van der Waals surface area contributed by atoms with Crippen molar-refractivity contribution in [2.75, 3.05) is 0 Å². The fraction of sp³-hybridized carbons (Fsp3) is 0.400. The summed E-state index contributed by atoms with van der Waals surface area (Å²) in [7, 11) is 0. The van der Waals surface area contributed by atoms with Crippen LogP contribution < -0.4 is 5.32 Å². The number of carbonyl (C=O) groups is 1. The molecule has 1 heterocycles. The van der Waals surface area contributed by atoms with Gasteiger partial charge in [0, 0.05) is 24.7 Å². The Kier molecular flexibility index (Phi) is 8.84. The van der Waals surface area contributed by atoms with Crippen LogP contribution in [0.3, 0.4) is 0 Å². The second kappa shape index (κ2) is 11.9. The summed E-state index contributed by atoms with van der Waals surface area (Å²) in [5, 5.41) is 3.38. The summed E-state index contributed by atoms with van der Waals surface area (Å²) in [6.45, 7) is 3.83. The summed E-state index contributed by atoms with van der Waals surface area (Å²) in [6, 6.07) is 13.9. The molecule has 2 amide bonds. The molecule has 0 spiro atoms. The molecule has 0 saturated heterocycles. The number of benzene rings is 2. The Labute approximate surface area is 231 Å². The number of aromatic nitrogens is 1. The van der Waals surface area contributed by atoms with Gasteiger partial charge in [-0.15, -0.1) is 0 Å². The Hall–Kier alpha value is -3.13. The lowest BCUT2D eigenvalue weighted by Gasteiger charge is -2.42. The molecule has 0 aliphatic heterocycles. The van der Waals surface area contributed by atoms with E-state index in [9.17, 15) is 22.4 Å². The summed E-state index contributed by atoms with van der Waals surface area (Å²) in [6.07, 6.45) is 1.38. The molecule has 208 valence electrons. The second-order valence-electron chi connectivity index (χ2n) is 10.4. The number of carbonyl (C=O) groups excluding carboxylic acids is 1. The normalized spacial score (nSPS) is 16.1. The first-order valence-electron chi connectivity index (χ1n) is 13.1. The maximum atomic E-state index is 14.9. The molecule has 0 bridgehead atoms. The molecule has 3 aromatic rings. The van der Waals surface area contributed by atoms with E-state index in [-0.39, 0.29) is 29.8 Å². The number of halogens is 5. The predicted octanol–water partition coefficient (Wildman–Crippen LogP) is 8.13. The Morgan fingerprint density at radius 2 is 1.69 bits per heavy atom. The van der Waals surface area contributed by atoms with Gasteiger partial charge < -0.3 is 10.2 Å². The van der Waals surface area contributed by atoms with Crippen LogP contribution in [0.5, 0.6) is 0 Å². The van der Waals surface area contributed by atoms with Crippen molar-refractivity contribution >= 4 is 17.6 Å².